The molecule has 128 valence electrons. The minimum absolute atomic E-state index is 0.0710. The predicted octanol–water partition coefficient (Wildman–Crippen LogP) is 1.34. The van der Waals surface area contributed by atoms with Crippen molar-refractivity contribution in [3.05, 3.63) is 29.8 Å². The van der Waals surface area contributed by atoms with E-state index in [-0.39, 0.29) is 17.9 Å². The SMILES string of the molecule is COc1ccc([C@@H]2CN(S(=O)(=O)C(C)C)C[C@H]2NC(C)=O)cc1. The molecule has 0 aromatic heterocycles. The van der Waals surface area contributed by atoms with Gasteiger partial charge in [-0.25, -0.2) is 8.42 Å². The van der Waals surface area contributed by atoms with Gasteiger partial charge >= 0.3 is 0 Å². The summed E-state index contributed by atoms with van der Waals surface area (Å²) in [5.74, 6) is 0.519. The van der Waals surface area contributed by atoms with Crippen LogP contribution in [0.2, 0.25) is 0 Å². The molecule has 1 aromatic rings. The Morgan fingerprint density at radius 2 is 1.87 bits per heavy atom. The lowest BCUT2D eigenvalue weighted by Crippen LogP contribution is -2.40. The lowest BCUT2D eigenvalue weighted by molar-refractivity contribution is -0.119. The number of ether oxygens (including phenoxy) is 1. The number of nitrogens with one attached hydrogen (secondary N) is 1. The van der Waals surface area contributed by atoms with Crippen molar-refractivity contribution in [1.29, 1.82) is 0 Å². The summed E-state index contributed by atoms with van der Waals surface area (Å²) in [6.45, 7) is 5.46. The molecule has 0 aliphatic carbocycles. The summed E-state index contributed by atoms with van der Waals surface area (Å²) >= 11 is 0. The maximum absolute atomic E-state index is 12.4. The Morgan fingerprint density at radius 3 is 2.35 bits per heavy atom. The zero-order valence-corrected chi connectivity index (χ0v) is 14.8. The van der Waals surface area contributed by atoms with E-state index in [0.717, 1.165) is 11.3 Å². The second kappa shape index (κ2) is 6.88. The number of hydrogen-bond acceptors (Lipinski definition) is 4. The number of carbonyl (C=O) groups excluding carboxylic acids is 1. The maximum Gasteiger partial charge on any atom is 0.217 e. The normalized spacial score (nSPS) is 22.3. The van der Waals surface area contributed by atoms with Crippen molar-refractivity contribution in [2.24, 2.45) is 0 Å². The van der Waals surface area contributed by atoms with Crippen molar-refractivity contribution in [2.45, 2.75) is 38.0 Å². The van der Waals surface area contributed by atoms with Crippen molar-refractivity contribution in [1.82, 2.24) is 9.62 Å². The lowest BCUT2D eigenvalue weighted by atomic mass is 9.94. The molecule has 1 saturated heterocycles. The third kappa shape index (κ3) is 3.84. The Labute approximate surface area is 137 Å². The standard InChI is InChI=1S/C16H24N2O4S/c1-11(2)23(20,21)18-9-15(16(10-18)17-12(3)19)13-5-7-14(22-4)8-6-13/h5-8,11,15-16H,9-10H2,1-4H3,(H,17,19)/t15-,16+/m0/s1. The van der Waals surface area contributed by atoms with E-state index in [4.69, 9.17) is 4.74 Å². The average Bonchev–Trinajstić information content (AvgIpc) is 2.91. The van der Waals surface area contributed by atoms with Crippen LogP contribution in [0, 0.1) is 0 Å². The van der Waals surface area contributed by atoms with Gasteiger partial charge in [-0.3, -0.25) is 4.79 Å². The fourth-order valence-electron chi connectivity index (χ4n) is 2.87. The van der Waals surface area contributed by atoms with E-state index in [2.05, 4.69) is 5.32 Å². The van der Waals surface area contributed by atoms with Gasteiger partial charge in [0.15, 0.2) is 0 Å². The second-order valence-corrected chi connectivity index (χ2v) is 8.59. The number of rotatable bonds is 5. The van der Waals surface area contributed by atoms with E-state index in [0.29, 0.717) is 13.1 Å². The molecule has 0 unspecified atom stereocenters. The smallest absolute Gasteiger partial charge is 0.217 e. The zero-order valence-electron chi connectivity index (χ0n) is 13.9. The quantitative estimate of drug-likeness (QED) is 0.877. The fourth-order valence-corrected chi connectivity index (χ4v) is 4.20. The molecule has 23 heavy (non-hydrogen) atoms. The van der Waals surface area contributed by atoms with Gasteiger partial charge in [-0.1, -0.05) is 12.1 Å². The molecular formula is C16H24N2O4S. The molecule has 6 nitrogen and oxygen atoms in total. The highest BCUT2D eigenvalue weighted by atomic mass is 32.2. The molecule has 1 aliphatic rings. The van der Waals surface area contributed by atoms with E-state index in [9.17, 15) is 13.2 Å². The number of amides is 1. The molecule has 2 atom stereocenters. The highest BCUT2D eigenvalue weighted by Gasteiger charge is 2.40. The molecule has 1 heterocycles. The first-order chi connectivity index (χ1) is 10.8. The summed E-state index contributed by atoms with van der Waals surface area (Å²) in [4.78, 5) is 11.5. The summed E-state index contributed by atoms with van der Waals surface area (Å²) in [5, 5.41) is 2.41. The topological polar surface area (TPSA) is 75.7 Å². The molecule has 0 saturated carbocycles. The van der Waals surface area contributed by atoms with Crippen LogP contribution in [0.1, 0.15) is 32.3 Å². The number of benzene rings is 1. The number of nitrogens with zero attached hydrogens (tertiary/aromatic N) is 1. The van der Waals surface area contributed by atoms with Gasteiger partial charge < -0.3 is 10.1 Å². The Bertz CT molecular complexity index is 655. The molecule has 0 spiro atoms. The van der Waals surface area contributed by atoms with Gasteiger partial charge in [0.25, 0.3) is 0 Å². The van der Waals surface area contributed by atoms with Crippen molar-refractivity contribution in [3.8, 4) is 5.75 Å². The van der Waals surface area contributed by atoms with Gasteiger partial charge in [-0.05, 0) is 31.5 Å². The van der Waals surface area contributed by atoms with Crippen molar-refractivity contribution >= 4 is 15.9 Å². The lowest BCUT2D eigenvalue weighted by Gasteiger charge is -2.19. The van der Waals surface area contributed by atoms with Crippen LogP contribution in [0.5, 0.6) is 5.75 Å². The molecular weight excluding hydrogens is 316 g/mol. The molecule has 1 aliphatic heterocycles. The van der Waals surface area contributed by atoms with Crippen LogP contribution in [0.25, 0.3) is 0 Å². The second-order valence-electron chi connectivity index (χ2n) is 6.10. The largest absolute Gasteiger partial charge is 0.497 e. The van der Waals surface area contributed by atoms with Gasteiger partial charge in [0.1, 0.15) is 5.75 Å². The number of carbonyl (C=O) groups is 1. The highest BCUT2D eigenvalue weighted by Crippen LogP contribution is 2.31. The first-order valence-electron chi connectivity index (χ1n) is 7.65. The molecule has 0 bridgehead atoms. The van der Waals surface area contributed by atoms with Gasteiger partial charge in [-0.15, -0.1) is 0 Å². The van der Waals surface area contributed by atoms with Gasteiger partial charge in [0.2, 0.25) is 15.9 Å². The van der Waals surface area contributed by atoms with Crippen LogP contribution >= 0.6 is 0 Å². The molecule has 2 rings (SSSR count). The third-order valence-corrected chi connectivity index (χ3v) is 6.38. The van der Waals surface area contributed by atoms with Crippen LogP contribution < -0.4 is 10.1 Å². The van der Waals surface area contributed by atoms with Crippen LogP contribution in [-0.4, -0.2) is 50.1 Å². The molecule has 1 amide bonds. The predicted molar refractivity (Wildman–Crippen MR) is 89.0 cm³/mol. The summed E-state index contributed by atoms with van der Waals surface area (Å²) < 4.78 is 31.5. The van der Waals surface area contributed by atoms with Gasteiger partial charge in [-0.2, -0.15) is 4.31 Å². The van der Waals surface area contributed by atoms with E-state index >= 15 is 0 Å². The third-order valence-electron chi connectivity index (χ3n) is 4.17. The Kier molecular flexibility index (Phi) is 5.31. The van der Waals surface area contributed by atoms with Crippen LogP contribution in [-0.2, 0) is 14.8 Å². The van der Waals surface area contributed by atoms with E-state index in [1.807, 2.05) is 24.3 Å². The number of hydrogen-bond donors (Lipinski definition) is 1. The van der Waals surface area contributed by atoms with Gasteiger partial charge in [0, 0.05) is 25.9 Å². The Hall–Kier alpha value is -1.60. The maximum atomic E-state index is 12.4. The molecule has 0 radical (unpaired) electrons. The molecule has 1 N–H and O–H groups in total. The van der Waals surface area contributed by atoms with Crippen LogP contribution in [0.3, 0.4) is 0 Å². The van der Waals surface area contributed by atoms with E-state index < -0.39 is 15.3 Å². The minimum atomic E-state index is -3.34. The first kappa shape index (κ1) is 17.7. The number of methoxy groups -OCH3 is 1. The van der Waals surface area contributed by atoms with Crippen molar-refractivity contribution in [3.63, 3.8) is 0 Å². The first-order valence-corrected chi connectivity index (χ1v) is 9.16. The zero-order chi connectivity index (χ0) is 17.2. The summed E-state index contributed by atoms with van der Waals surface area (Å²) in [6.07, 6.45) is 0. The van der Waals surface area contributed by atoms with Crippen LogP contribution in [0.15, 0.2) is 24.3 Å². The van der Waals surface area contributed by atoms with E-state index in [1.54, 1.807) is 21.0 Å². The van der Waals surface area contributed by atoms with Crippen LogP contribution in [0.4, 0.5) is 0 Å². The van der Waals surface area contributed by atoms with Gasteiger partial charge in [0.05, 0.1) is 18.4 Å². The molecule has 1 fully saturated rings. The average molecular weight is 340 g/mol. The number of sulfonamides is 1. The summed E-state index contributed by atoms with van der Waals surface area (Å²) in [6, 6.07) is 7.31. The Morgan fingerprint density at radius 1 is 1.26 bits per heavy atom. The van der Waals surface area contributed by atoms with Crippen molar-refractivity contribution < 1.29 is 17.9 Å². The minimum Gasteiger partial charge on any atom is -0.497 e. The highest BCUT2D eigenvalue weighted by molar-refractivity contribution is 7.89. The summed E-state index contributed by atoms with van der Waals surface area (Å²) in [7, 11) is -1.74. The summed E-state index contributed by atoms with van der Waals surface area (Å²) in [5.41, 5.74) is 0.992. The fraction of sp³-hybridized carbons (Fsp3) is 0.562. The molecule has 1 aromatic carbocycles. The monoisotopic (exact) mass is 340 g/mol. The van der Waals surface area contributed by atoms with Crippen molar-refractivity contribution in [2.75, 3.05) is 20.2 Å². The Balaban J connectivity index is 2.29. The molecule has 7 heteroatoms. The van der Waals surface area contributed by atoms with E-state index in [1.165, 1.54) is 11.2 Å².